The molecular formula is C23H19N3O3. The van der Waals surface area contributed by atoms with Gasteiger partial charge in [-0.05, 0) is 42.8 Å². The van der Waals surface area contributed by atoms with Crippen molar-refractivity contribution in [1.29, 1.82) is 0 Å². The molecule has 0 aliphatic rings. The van der Waals surface area contributed by atoms with Gasteiger partial charge in [-0.2, -0.15) is 0 Å². The largest absolute Gasteiger partial charge is 0.497 e. The highest BCUT2D eigenvalue weighted by Crippen LogP contribution is 2.30. The fourth-order valence-corrected chi connectivity index (χ4v) is 3.16. The number of carbonyl (C=O) groups is 2. The molecule has 6 heteroatoms. The second kappa shape index (κ2) is 7.59. The van der Waals surface area contributed by atoms with Crippen LogP contribution in [0.15, 0.2) is 72.9 Å². The van der Waals surface area contributed by atoms with Gasteiger partial charge < -0.3 is 10.1 Å². The van der Waals surface area contributed by atoms with Crippen molar-refractivity contribution in [3.63, 3.8) is 0 Å². The number of methoxy groups -OCH3 is 1. The van der Waals surface area contributed by atoms with Gasteiger partial charge in [0.25, 0.3) is 11.7 Å². The zero-order chi connectivity index (χ0) is 20.4. The van der Waals surface area contributed by atoms with Crippen LogP contribution >= 0.6 is 0 Å². The molecule has 0 aliphatic heterocycles. The Morgan fingerprint density at radius 3 is 2.38 bits per heavy atom. The van der Waals surface area contributed by atoms with E-state index in [2.05, 4.69) is 5.32 Å². The van der Waals surface area contributed by atoms with Crippen LogP contribution in [0.1, 0.15) is 15.9 Å². The van der Waals surface area contributed by atoms with E-state index < -0.39 is 11.7 Å². The van der Waals surface area contributed by atoms with Gasteiger partial charge >= 0.3 is 0 Å². The van der Waals surface area contributed by atoms with Crippen LogP contribution < -0.4 is 10.1 Å². The Labute approximate surface area is 167 Å². The Balaban J connectivity index is 1.73. The van der Waals surface area contributed by atoms with Crippen molar-refractivity contribution in [1.82, 2.24) is 9.38 Å². The quantitative estimate of drug-likeness (QED) is 0.414. The number of Topliss-reactive ketones (excluding diaryl/α,β-unsaturated/α-hetero) is 1. The van der Waals surface area contributed by atoms with Crippen molar-refractivity contribution in [2.24, 2.45) is 0 Å². The molecule has 0 radical (unpaired) electrons. The van der Waals surface area contributed by atoms with E-state index in [4.69, 9.17) is 9.72 Å². The molecular weight excluding hydrogens is 366 g/mol. The molecule has 4 rings (SSSR count). The van der Waals surface area contributed by atoms with Crippen LogP contribution in [0.5, 0.6) is 5.75 Å². The second-order valence-corrected chi connectivity index (χ2v) is 6.57. The van der Waals surface area contributed by atoms with Gasteiger partial charge in [0.1, 0.15) is 22.9 Å². The normalized spacial score (nSPS) is 10.7. The van der Waals surface area contributed by atoms with Gasteiger partial charge in [-0.1, -0.05) is 36.4 Å². The Hall–Kier alpha value is -3.93. The summed E-state index contributed by atoms with van der Waals surface area (Å²) in [7, 11) is 1.54. The van der Waals surface area contributed by atoms with Crippen molar-refractivity contribution in [3.05, 3.63) is 84.1 Å². The number of ether oxygens (including phenoxy) is 1. The molecule has 1 N–H and O–H groups in total. The van der Waals surface area contributed by atoms with E-state index in [0.29, 0.717) is 17.3 Å². The number of aromatic nitrogens is 2. The topological polar surface area (TPSA) is 72.7 Å². The van der Waals surface area contributed by atoms with E-state index in [9.17, 15) is 9.59 Å². The van der Waals surface area contributed by atoms with Gasteiger partial charge in [0.2, 0.25) is 0 Å². The first-order valence-corrected chi connectivity index (χ1v) is 9.11. The van der Waals surface area contributed by atoms with E-state index in [-0.39, 0.29) is 5.56 Å². The fourth-order valence-electron chi connectivity index (χ4n) is 3.16. The summed E-state index contributed by atoms with van der Waals surface area (Å²) in [5.41, 5.74) is 3.43. The van der Waals surface area contributed by atoms with Gasteiger partial charge in [-0.15, -0.1) is 0 Å². The van der Waals surface area contributed by atoms with Gasteiger partial charge in [-0.25, -0.2) is 4.98 Å². The number of benzene rings is 2. The van der Waals surface area contributed by atoms with Gasteiger partial charge in [0.05, 0.1) is 7.11 Å². The van der Waals surface area contributed by atoms with Crippen LogP contribution in [-0.2, 0) is 4.79 Å². The maximum atomic E-state index is 12.7. The van der Waals surface area contributed by atoms with E-state index in [1.54, 1.807) is 35.8 Å². The number of rotatable bonds is 5. The minimum absolute atomic E-state index is 0.287. The van der Waals surface area contributed by atoms with Crippen LogP contribution in [-0.4, -0.2) is 28.2 Å². The maximum absolute atomic E-state index is 12.7. The molecule has 0 fully saturated rings. The number of nitrogens with one attached hydrogen (secondary N) is 1. The van der Waals surface area contributed by atoms with Crippen molar-refractivity contribution in [2.45, 2.75) is 6.92 Å². The minimum atomic E-state index is -0.726. The summed E-state index contributed by atoms with van der Waals surface area (Å²) >= 11 is 0. The van der Waals surface area contributed by atoms with Gasteiger partial charge in [0, 0.05) is 17.3 Å². The molecule has 144 valence electrons. The molecule has 0 saturated heterocycles. The van der Waals surface area contributed by atoms with Crippen molar-refractivity contribution in [3.8, 4) is 17.0 Å². The third-order valence-corrected chi connectivity index (χ3v) is 4.68. The van der Waals surface area contributed by atoms with E-state index in [0.717, 1.165) is 16.8 Å². The zero-order valence-electron chi connectivity index (χ0n) is 16.0. The summed E-state index contributed by atoms with van der Waals surface area (Å²) in [5.74, 6) is -0.280. The smallest absolute Gasteiger partial charge is 0.297 e. The summed E-state index contributed by atoms with van der Waals surface area (Å²) in [4.78, 5) is 30.1. The lowest BCUT2D eigenvalue weighted by Gasteiger charge is -2.08. The minimum Gasteiger partial charge on any atom is -0.497 e. The number of amides is 1. The molecule has 0 unspecified atom stereocenters. The number of pyridine rings is 1. The van der Waals surface area contributed by atoms with Crippen LogP contribution in [0.2, 0.25) is 0 Å². The number of aryl methyl sites for hydroxylation is 1. The summed E-state index contributed by atoms with van der Waals surface area (Å²) in [5, 5.41) is 2.77. The molecule has 0 aliphatic carbocycles. The summed E-state index contributed by atoms with van der Waals surface area (Å²) in [6, 6.07) is 19.8. The Kier molecular flexibility index (Phi) is 4.83. The molecule has 0 atom stereocenters. The van der Waals surface area contributed by atoms with Gasteiger partial charge in [0.15, 0.2) is 0 Å². The molecule has 29 heavy (non-hydrogen) atoms. The molecule has 0 bridgehead atoms. The maximum Gasteiger partial charge on any atom is 0.297 e. The van der Waals surface area contributed by atoms with Crippen LogP contribution in [0.25, 0.3) is 16.9 Å². The number of nitrogens with zero attached hydrogens (tertiary/aromatic N) is 2. The third-order valence-electron chi connectivity index (χ3n) is 4.68. The number of anilines is 1. The molecule has 0 spiro atoms. The predicted octanol–water partition coefficient (Wildman–Crippen LogP) is 4.14. The molecule has 4 aromatic rings. The number of hydrogen-bond donors (Lipinski definition) is 1. The monoisotopic (exact) mass is 385 g/mol. The molecule has 2 aromatic carbocycles. The standard InChI is InChI=1S/C23H19N3O3/c1-15-7-6-14-26-21(15)24-19(16-8-4-3-5-9-16)22(26)25-23(28)20(27)17-10-12-18(29-2)13-11-17/h3-14H,1-2H3,(H,25,28). The van der Waals surface area contributed by atoms with E-state index >= 15 is 0 Å². The highest BCUT2D eigenvalue weighted by Gasteiger charge is 2.22. The average Bonchev–Trinajstić information content (AvgIpc) is 3.13. The van der Waals surface area contributed by atoms with E-state index in [1.807, 2.05) is 55.6 Å². The summed E-state index contributed by atoms with van der Waals surface area (Å²) in [6.45, 7) is 1.95. The molecule has 0 saturated carbocycles. The Morgan fingerprint density at radius 2 is 1.69 bits per heavy atom. The molecule has 6 nitrogen and oxygen atoms in total. The van der Waals surface area contributed by atoms with Crippen molar-refractivity contribution in [2.75, 3.05) is 12.4 Å². The lowest BCUT2D eigenvalue weighted by atomic mass is 10.1. The fraction of sp³-hybridized carbons (Fsp3) is 0.0870. The first kappa shape index (κ1) is 18.4. The summed E-state index contributed by atoms with van der Waals surface area (Å²) < 4.78 is 6.88. The second-order valence-electron chi connectivity index (χ2n) is 6.57. The Bertz CT molecular complexity index is 1200. The number of ketones is 1. The van der Waals surface area contributed by atoms with Crippen LogP contribution in [0, 0.1) is 6.92 Å². The number of fused-ring (bicyclic) bond motifs is 1. The first-order chi connectivity index (χ1) is 14.1. The first-order valence-electron chi connectivity index (χ1n) is 9.11. The lowest BCUT2D eigenvalue weighted by Crippen LogP contribution is -2.24. The number of hydrogen-bond acceptors (Lipinski definition) is 4. The zero-order valence-corrected chi connectivity index (χ0v) is 16.0. The van der Waals surface area contributed by atoms with Gasteiger partial charge in [-0.3, -0.25) is 14.0 Å². The Morgan fingerprint density at radius 1 is 0.966 bits per heavy atom. The highest BCUT2D eigenvalue weighted by atomic mass is 16.5. The third kappa shape index (κ3) is 3.48. The highest BCUT2D eigenvalue weighted by molar-refractivity contribution is 6.46. The molecule has 2 heterocycles. The number of carbonyl (C=O) groups excluding carboxylic acids is 2. The van der Waals surface area contributed by atoms with Crippen molar-refractivity contribution >= 4 is 23.2 Å². The molecule has 2 aromatic heterocycles. The van der Waals surface area contributed by atoms with E-state index in [1.165, 1.54) is 0 Å². The van der Waals surface area contributed by atoms with Crippen LogP contribution in [0.4, 0.5) is 5.82 Å². The average molecular weight is 385 g/mol. The SMILES string of the molecule is COc1ccc(C(=O)C(=O)Nc2c(-c3ccccc3)nc3c(C)cccn23)cc1. The van der Waals surface area contributed by atoms with Crippen LogP contribution in [0.3, 0.4) is 0 Å². The van der Waals surface area contributed by atoms with Crippen molar-refractivity contribution < 1.29 is 14.3 Å². The predicted molar refractivity (Wildman–Crippen MR) is 111 cm³/mol. The lowest BCUT2D eigenvalue weighted by molar-refractivity contribution is -0.112. The molecule has 1 amide bonds. The number of imidazole rings is 1. The summed E-state index contributed by atoms with van der Waals surface area (Å²) in [6.07, 6.45) is 1.81.